The van der Waals surface area contributed by atoms with E-state index >= 15 is 0 Å². The van der Waals surface area contributed by atoms with Gasteiger partial charge in [0.05, 0.1) is 14.2 Å². The molecule has 0 saturated heterocycles. The van der Waals surface area contributed by atoms with Gasteiger partial charge in [0, 0.05) is 19.3 Å². The van der Waals surface area contributed by atoms with Gasteiger partial charge in [-0.15, -0.1) is 0 Å². The molecule has 2 aromatic carbocycles. The van der Waals surface area contributed by atoms with Crippen LogP contribution in [0.4, 0.5) is 5.69 Å². The van der Waals surface area contributed by atoms with Crippen molar-refractivity contribution in [1.82, 2.24) is 4.90 Å². The Balaban J connectivity index is 1.79. The first-order valence-corrected chi connectivity index (χ1v) is 8.92. The summed E-state index contributed by atoms with van der Waals surface area (Å²) in [7, 11) is 5.23. The van der Waals surface area contributed by atoms with E-state index in [2.05, 4.69) is 5.32 Å². The smallest absolute Gasteiger partial charge is 0.279 e. The number of nitrogens with one attached hydrogen (secondary N) is 2. The van der Waals surface area contributed by atoms with Crippen molar-refractivity contribution in [3.63, 3.8) is 0 Å². The molecule has 2 rings (SSSR count). The first kappa shape index (κ1) is 20.5. The van der Waals surface area contributed by atoms with Crippen LogP contribution in [0, 0.1) is 6.92 Å². The maximum Gasteiger partial charge on any atom is 0.279 e. The van der Waals surface area contributed by atoms with Crippen LogP contribution in [0.1, 0.15) is 11.1 Å². The number of aryl methyl sites for hydroxylation is 1. The summed E-state index contributed by atoms with van der Waals surface area (Å²) in [6.45, 7) is 3.01. The number of hydrogen-bond acceptors (Lipinski definition) is 3. The molecule has 2 aromatic rings. The average molecular weight is 370 g/mol. The van der Waals surface area contributed by atoms with Gasteiger partial charge < -0.3 is 19.9 Å². The van der Waals surface area contributed by atoms with Gasteiger partial charge in [-0.3, -0.25) is 9.59 Å². The van der Waals surface area contributed by atoms with Gasteiger partial charge in [-0.2, -0.15) is 0 Å². The molecule has 0 fully saturated rings. The molecular weight excluding hydrogens is 342 g/mol. The second-order valence-corrected chi connectivity index (χ2v) is 6.82. The zero-order valence-corrected chi connectivity index (χ0v) is 16.4. The van der Waals surface area contributed by atoms with Crippen LogP contribution in [0.3, 0.4) is 0 Å². The fraction of sp³-hybridized carbons (Fsp3) is 0.333. The Labute approximate surface area is 160 Å². The minimum Gasteiger partial charge on any atom is -0.497 e. The number of amides is 2. The summed E-state index contributed by atoms with van der Waals surface area (Å²) in [5.74, 6) is 0.671. The average Bonchev–Trinajstić information content (AvgIpc) is 2.64. The van der Waals surface area contributed by atoms with Gasteiger partial charge in [0.2, 0.25) is 0 Å². The van der Waals surface area contributed by atoms with E-state index in [9.17, 15) is 9.59 Å². The van der Waals surface area contributed by atoms with Crippen molar-refractivity contribution in [1.29, 1.82) is 0 Å². The number of quaternary nitrogens is 1. The van der Waals surface area contributed by atoms with Crippen LogP contribution in [-0.2, 0) is 16.1 Å². The molecule has 6 heteroatoms. The molecule has 0 aromatic heterocycles. The highest BCUT2D eigenvalue weighted by molar-refractivity contribution is 5.91. The fourth-order valence-electron chi connectivity index (χ4n) is 2.66. The maximum absolute atomic E-state index is 12.4. The maximum atomic E-state index is 12.4. The van der Waals surface area contributed by atoms with E-state index in [1.54, 1.807) is 19.1 Å². The molecule has 0 aliphatic carbocycles. The van der Waals surface area contributed by atoms with Gasteiger partial charge in [0.25, 0.3) is 11.8 Å². The van der Waals surface area contributed by atoms with Gasteiger partial charge in [0.1, 0.15) is 5.75 Å². The van der Waals surface area contributed by atoms with Gasteiger partial charge in [0.15, 0.2) is 13.1 Å². The fourth-order valence-corrected chi connectivity index (χ4v) is 2.66. The van der Waals surface area contributed by atoms with Crippen LogP contribution >= 0.6 is 0 Å². The third kappa shape index (κ3) is 6.75. The van der Waals surface area contributed by atoms with Gasteiger partial charge in [-0.25, -0.2) is 0 Å². The number of carbonyl (C=O) groups excluding carboxylic acids is 2. The highest BCUT2D eigenvalue weighted by atomic mass is 16.5. The first-order valence-electron chi connectivity index (χ1n) is 8.92. The third-order valence-corrected chi connectivity index (χ3v) is 4.26. The van der Waals surface area contributed by atoms with E-state index in [1.807, 2.05) is 62.5 Å². The Bertz CT molecular complexity index is 757. The minimum absolute atomic E-state index is 0.00791. The molecule has 144 valence electrons. The summed E-state index contributed by atoms with van der Waals surface area (Å²) >= 11 is 0. The molecule has 0 saturated carbocycles. The Morgan fingerprint density at radius 3 is 2.26 bits per heavy atom. The second kappa shape index (κ2) is 9.73. The summed E-state index contributed by atoms with van der Waals surface area (Å²) in [4.78, 5) is 27.1. The van der Waals surface area contributed by atoms with Crippen molar-refractivity contribution in [2.24, 2.45) is 0 Å². The molecular formula is C21H28N3O3+. The van der Waals surface area contributed by atoms with E-state index < -0.39 is 0 Å². The number of likely N-dealkylation sites (N-methyl/N-ethyl adjacent to an activating group) is 2. The lowest BCUT2D eigenvalue weighted by atomic mass is 10.2. The molecule has 2 amide bonds. The van der Waals surface area contributed by atoms with E-state index in [1.165, 1.54) is 0 Å². The Morgan fingerprint density at radius 2 is 1.67 bits per heavy atom. The third-order valence-electron chi connectivity index (χ3n) is 4.26. The molecule has 1 unspecified atom stereocenters. The number of carbonyl (C=O) groups is 2. The zero-order chi connectivity index (χ0) is 19.8. The van der Waals surface area contributed by atoms with Crippen LogP contribution in [0.2, 0.25) is 0 Å². The van der Waals surface area contributed by atoms with Crippen molar-refractivity contribution in [3.05, 3.63) is 59.7 Å². The molecule has 0 bridgehead atoms. The lowest BCUT2D eigenvalue weighted by molar-refractivity contribution is -0.862. The summed E-state index contributed by atoms with van der Waals surface area (Å²) < 4.78 is 5.14. The predicted molar refractivity (Wildman–Crippen MR) is 106 cm³/mol. The molecule has 0 spiro atoms. The van der Waals surface area contributed by atoms with Crippen molar-refractivity contribution >= 4 is 17.5 Å². The van der Waals surface area contributed by atoms with E-state index in [0.717, 1.165) is 27.5 Å². The SMILES string of the molecule is COc1ccc(CN(C)C(=O)C[NH+](C)CC(=O)Nc2ccc(C)cc2)cc1. The molecule has 6 nitrogen and oxygen atoms in total. The van der Waals surface area contributed by atoms with Crippen LogP contribution in [0.25, 0.3) is 0 Å². The topological polar surface area (TPSA) is 63.1 Å². The molecule has 0 aliphatic heterocycles. The summed E-state index contributed by atoms with van der Waals surface area (Å²) in [6.07, 6.45) is 0. The highest BCUT2D eigenvalue weighted by Gasteiger charge is 2.17. The quantitative estimate of drug-likeness (QED) is 0.732. The largest absolute Gasteiger partial charge is 0.497 e. The number of methoxy groups -OCH3 is 1. The zero-order valence-electron chi connectivity index (χ0n) is 16.4. The van der Waals surface area contributed by atoms with Crippen molar-refractivity contribution in [2.45, 2.75) is 13.5 Å². The van der Waals surface area contributed by atoms with E-state index in [-0.39, 0.29) is 24.9 Å². The molecule has 1 atom stereocenters. The molecule has 0 heterocycles. The molecule has 2 N–H and O–H groups in total. The summed E-state index contributed by atoms with van der Waals surface area (Å²) in [5.41, 5.74) is 2.93. The summed E-state index contributed by atoms with van der Waals surface area (Å²) in [5, 5.41) is 2.86. The lowest BCUT2D eigenvalue weighted by Gasteiger charge is -2.20. The molecule has 0 aliphatic rings. The minimum atomic E-state index is -0.109. The van der Waals surface area contributed by atoms with E-state index in [4.69, 9.17) is 4.74 Å². The Hall–Kier alpha value is -2.86. The van der Waals surface area contributed by atoms with Gasteiger partial charge in [-0.05, 0) is 36.8 Å². The monoisotopic (exact) mass is 370 g/mol. The van der Waals surface area contributed by atoms with Crippen molar-refractivity contribution < 1.29 is 19.2 Å². The van der Waals surface area contributed by atoms with Crippen LogP contribution in [0.15, 0.2) is 48.5 Å². The highest BCUT2D eigenvalue weighted by Crippen LogP contribution is 2.12. The van der Waals surface area contributed by atoms with Gasteiger partial charge >= 0.3 is 0 Å². The lowest BCUT2D eigenvalue weighted by Crippen LogP contribution is -3.11. The number of nitrogens with zero attached hydrogens (tertiary/aromatic N) is 1. The Morgan fingerprint density at radius 1 is 1.04 bits per heavy atom. The molecule has 27 heavy (non-hydrogen) atoms. The first-order chi connectivity index (χ1) is 12.9. The number of anilines is 1. The van der Waals surface area contributed by atoms with Crippen LogP contribution in [-0.4, -0.2) is 51.0 Å². The standard InChI is InChI=1S/C21H27N3O3/c1-16-5-9-18(10-6-16)22-20(25)14-23(2)15-21(26)24(3)13-17-7-11-19(27-4)12-8-17/h5-12H,13-15H2,1-4H3,(H,22,25)/p+1. The second-order valence-electron chi connectivity index (χ2n) is 6.82. The van der Waals surface area contributed by atoms with E-state index in [0.29, 0.717) is 6.54 Å². The molecule has 0 radical (unpaired) electrons. The van der Waals surface area contributed by atoms with Gasteiger partial charge in [-0.1, -0.05) is 29.8 Å². The normalized spacial score (nSPS) is 11.6. The number of benzene rings is 2. The van der Waals surface area contributed by atoms with Crippen LogP contribution < -0.4 is 15.0 Å². The number of rotatable bonds is 8. The van der Waals surface area contributed by atoms with Crippen LogP contribution in [0.5, 0.6) is 5.75 Å². The Kier molecular flexibility index (Phi) is 7.37. The predicted octanol–water partition coefficient (Wildman–Crippen LogP) is 1.12. The van der Waals surface area contributed by atoms with Crippen molar-refractivity contribution in [2.75, 3.05) is 39.6 Å². The van der Waals surface area contributed by atoms with Crippen molar-refractivity contribution in [3.8, 4) is 5.75 Å². The summed E-state index contributed by atoms with van der Waals surface area (Å²) in [6, 6.07) is 15.3. The number of ether oxygens (including phenoxy) is 1. The number of hydrogen-bond donors (Lipinski definition) is 2.